The molecule has 0 radical (unpaired) electrons. The Morgan fingerprint density at radius 1 is 1.35 bits per heavy atom. The molecule has 7 nitrogen and oxygen atoms in total. The van der Waals surface area contributed by atoms with Crippen molar-refractivity contribution in [3.05, 3.63) is 52.8 Å². The number of amides is 1. The molecule has 0 spiro atoms. The molecule has 1 aliphatic heterocycles. The van der Waals surface area contributed by atoms with Crippen LogP contribution in [0.15, 0.2) is 34.7 Å². The van der Waals surface area contributed by atoms with Crippen molar-refractivity contribution in [3.63, 3.8) is 0 Å². The zero-order valence-electron chi connectivity index (χ0n) is 13.3. The van der Waals surface area contributed by atoms with E-state index >= 15 is 0 Å². The lowest BCUT2D eigenvalue weighted by Crippen LogP contribution is -2.21. The third-order valence-electron chi connectivity index (χ3n) is 3.91. The molecule has 3 heterocycles. The lowest BCUT2D eigenvalue weighted by Gasteiger charge is -2.12. The van der Waals surface area contributed by atoms with E-state index in [9.17, 15) is 9.18 Å². The average molecular weight is 374 g/mol. The van der Waals surface area contributed by atoms with Gasteiger partial charge < -0.3 is 25.4 Å². The molecular weight excluding hydrogens is 361 g/mol. The number of fused-ring (bicyclic) bond motifs is 1. The lowest BCUT2D eigenvalue weighted by molar-refractivity contribution is 0.0988. The molecule has 9 heteroatoms. The van der Waals surface area contributed by atoms with E-state index in [0.29, 0.717) is 46.6 Å². The Kier molecular flexibility index (Phi) is 3.96. The molecule has 0 atom stereocenters. The first-order chi connectivity index (χ1) is 12.5. The van der Waals surface area contributed by atoms with Gasteiger partial charge in [0, 0.05) is 29.4 Å². The molecular formula is C17H13ClFN5O2. The lowest BCUT2D eigenvalue weighted by atomic mass is 10.1. The molecule has 3 aromatic rings. The minimum absolute atomic E-state index is 0.129. The standard InChI is InChI=1S/C17H13ClFN5O2/c18-11-2-1-9(22-17(25)13-3-4-14(19)26-13)6-10(11)15-23-12-5-8(20)7-21-16(12)24-15/h1-4,6,20-21H,5,7H2,(H,22,25)(H,23,24). The van der Waals surface area contributed by atoms with Gasteiger partial charge in [0.2, 0.25) is 0 Å². The van der Waals surface area contributed by atoms with Gasteiger partial charge in [0.1, 0.15) is 11.6 Å². The number of aromatic amines is 1. The van der Waals surface area contributed by atoms with Gasteiger partial charge in [0.05, 0.1) is 17.3 Å². The first-order valence-corrected chi connectivity index (χ1v) is 8.13. The van der Waals surface area contributed by atoms with Crippen molar-refractivity contribution in [2.24, 2.45) is 0 Å². The summed E-state index contributed by atoms with van der Waals surface area (Å²) in [5.74, 6) is 0.515. The fourth-order valence-electron chi connectivity index (χ4n) is 2.69. The van der Waals surface area contributed by atoms with Crippen LogP contribution in [-0.2, 0) is 6.42 Å². The molecule has 0 bridgehead atoms. The predicted molar refractivity (Wildman–Crippen MR) is 95.6 cm³/mol. The van der Waals surface area contributed by atoms with Gasteiger partial charge in [-0.2, -0.15) is 4.39 Å². The van der Waals surface area contributed by atoms with Crippen LogP contribution in [0, 0.1) is 11.4 Å². The van der Waals surface area contributed by atoms with Gasteiger partial charge in [0.15, 0.2) is 5.76 Å². The molecule has 1 aromatic carbocycles. The van der Waals surface area contributed by atoms with Gasteiger partial charge in [0.25, 0.3) is 11.9 Å². The number of rotatable bonds is 3. The molecule has 0 fully saturated rings. The number of H-pyrrole nitrogens is 1. The Hall–Kier alpha value is -3.13. The Labute approximate surface area is 152 Å². The third kappa shape index (κ3) is 3.06. The van der Waals surface area contributed by atoms with Crippen LogP contribution in [0.4, 0.5) is 15.9 Å². The SMILES string of the molecule is N=C1CNc2nc(-c3cc(NC(=O)c4ccc(F)o4)ccc3Cl)[nH]c2C1. The van der Waals surface area contributed by atoms with E-state index in [-0.39, 0.29) is 5.76 Å². The Balaban J connectivity index is 1.62. The van der Waals surface area contributed by atoms with E-state index in [4.69, 9.17) is 17.0 Å². The molecule has 0 saturated heterocycles. The van der Waals surface area contributed by atoms with Crippen molar-refractivity contribution in [1.29, 1.82) is 5.41 Å². The van der Waals surface area contributed by atoms with Crippen LogP contribution in [-0.4, -0.2) is 28.1 Å². The van der Waals surface area contributed by atoms with E-state index in [0.717, 1.165) is 11.8 Å². The number of aromatic nitrogens is 2. The Morgan fingerprint density at radius 2 is 2.19 bits per heavy atom. The number of benzene rings is 1. The zero-order valence-corrected chi connectivity index (χ0v) is 14.1. The number of hydrogen-bond acceptors (Lipinski definition) is 5. The topological polar surface area (TPSA) is 107 Å². The maximum atomic E-state index is 12.9. The van der Waals surface area contributed by atoms with E-state index in [1.54, 1.807) is 18.2 Å². The van der Waals surface area contributed by atoms with Crippen LogP contribution in [0.3, 0.4) is 0 Å². The predicted octanol–water partition coefficient (Wildman–Crippen LogP) is 3.70. The molecule has 1 amide bonds. The molecule has 0 saturated carbocycles. The molecule has 132 valence electrons. The summed E-state index contributed by atoms with van der Waals surface area (Å²) in [5, 5.41) is 13.9. The smallest absolute Gasteiger partial charge is 0.291 e. The molecule has 0 aliphatic carbocycles. The fourth-order valence-corrected chi connectivity index (χ4v) is 2.90. The van der Waals surface area contributed by atoms with E-state index in [2.05, 4.69) is 25.0 Å². The van der Waals surface area contributed by atoms with Crippen molar-refractivity contribution in [2.45, 2.75) is 6.42 Å². The monoisotopic (exact) mass is 373 g/mol. The zero-order chi connectivity index (χ0) is 18.3. The number of imidazole rings is 1. The highest BCUT2D eigenvalue weighted by Gasteiger charge is 2.19. The summed E-state index contributed by atoms with van der Waals surface area (Å²) >= 11 is 6.28. The van der Waals surface area contributed by atoms with Gasteiger partial charge in [-0.3, -0.25) is 4.79 Å². The maximum Gasteiger partial charge on any atom is 0.291 e. The third-order valence-corrected chi connectivity index (χ3v) is 4.24. The van der Waals surface area contributed by atoms with Crippen LogP contribution in [0.1, 0.15) is 16.2 Å². The van der Waals surface area contributed by atoms with Crippen molar-refractivity contribution in [1.82, 2.24) is 9.97 Å². The fraction of sp³-hybridized carbons (Fsp3) is 0.118. The largest absolute Gasteiger partial charge is 0.426 e. The summed E-state index contributed by atoms with van der Waals surface area (Å²) in [5.41, 5.74) is 2.43. The Bertz CT molecular complexity index is 1030. The van der Waals surface area contributed by atoms with Crippen molar-refractivity contribution >= 4 is 34.7 Å². The number of carbonyl (C=O) groups is 1. The highest BCUT2D eigenvalue weighted by molar-refractivity contribution is 6.33. The van der Waals surface area contributed by atoms with Crippen molar-refractivity contribution in [2.75, 3.05) is 17.2 Å². The Morgan fingerprint density at radius 3 is 2.96 bits per heavy atom. The minimum Gasteiger partial charge on any atom is -0.426 e. The quantitative estimate of drug-likeness (QED) is 0.561. The summed E-state index contributed by atoms with van der Waals surface area (Å²) in [6.07, 6.45) is 0.493. The summed E-state index contributed by atoms with van der Waals surface area (Å²) < 4.78 is 17.6. The van der Waals surface area contributed by atoms with Gasteiger partial charge in [-0.1, -0.05) is 11.6 Å². The number of nitrogens with one attached hydrogen (secondary N) is 4. The summed E-state index contributed by atoms with van der Waals surface area (Å²) in [6.45, 7) is 0.459. The van der Waals surface area contributed by atoms with Gasteiger partial charge in [-0.25, -0.2) is 4.98 Å². The minimum atomic E-state index is -0.828. The molecule has 4 N–H and O–H groups in total. The number of anilines is 2. The number of furan rings is 1. The van der Waals surface area contributed by atoms with Crippen LogP contribution in [0.25, 0.3) is 11.4 Å². The van der Waals surface area contributed by atoms with Crippen molar-refractivity contribution in [3.8, 4) is 11.4 Å². The number of hydrogen-bond donors (Lipinski definition) is 4. The first kappa shape index (κ1) is 16.3. The van der Waals surface area contributed by atoms with E-state index < -0.39 is 11.9 Å². The molecule has 4 rings (SSSR count). The summed E-state index contributed by atoms with van der Waals surface area (Å²) in [7, 11) is 0. The second kappa shape index (κ2) is 6.30. The van der Waals surface area contributed by atoms with Gasteiger partial charge in [-0.05, 0) is 24.3 Å². The highest BCUT2D eigenvalue weighted by atomic mass is 35.5. The summed E-state index contributed by atoms with van der Waals surface area (Å²) in [4.78, 5) is 19.7. The molecule has 2 aromatic heterocycles. The second-order valence-corrected chi connectivity index (χ2v) is 6.21. The number of halogens is 2. The molecule has 0 unspecified atom stereocenters. The molecule has 26 heavy (non-hydrogen) atoms. The maximum absolute atomic E-state index is 12.9. The second-order valence-electron chi connectivity index (χ2n) is 5.80. The summed E-state index contributed by atoms with van der Waals surface area (Å²) in [6, 6.07) is 6.41. The van der Waals surface area contributed by atoms with Gasteiger partial charge in [-0.15, -0.1) is 0 Å². The van der Waals surface area contributed by atoms with Crippen LogP contribution in [0.2, 0.25) is 5.02 Å². The van der Waals surface area contributed by atoms with Crippen LogP contribution in [0.5, 0.6) is 0 Å². The highest BCUT2D eigenvalue weighted by Crippen LogP contribution is 2.31. The van der Waals surface area contributed by atoms with E-state index in [1.807, 2.05) is 0 Å². The number of nitrogens with zero attached hydrogens (tertiary/aromatic N) is 1. The molecule has 1 aliphatic rings. The average Bonchev–Trinajstić information content (AvgIpc) is 3.22. The van der Waals surface area contributed by atoms with Crippen molar-refractivity contribution < 1.29 is 13.6 Å². The first-order valence-electron chi connectivity index (χ1n) is 7.75. The van der Waals surface area contributed by atoms with Crippen LogP contribution < -0.4 is 10.6 Å². The van der Waals surface area contributed by atoms with Crippen LogP contribution >= 0.6 is 11.6 Å². The normalized spacial score (nSPS) is 13.2. The number of carbonyl (C=O) groups excluding carboxylic acids is 1. The van der Waals surface area contributed by atoms with E-state index in [1.165, 1.54) is 6.07 Å². The van der Waals surface area contributed by atoms with Gasteiger partial charge >= 0.3 is 0 Å².